The van der Waals surface area contributed by atoms with Crippen molar-refractivity contribution in [1.82, 2.24) is 0 Å². The third-order valence-corrected chi connectivity index (χ3v) is 6.47. The first-order valence-electron chi connectivity index (χ1n) is 4.34. The summed E-state index contributed by atoms with van der Waals surface area (Å²) in [6.45, 7) is 4.60. The lowest BCUT2D eigenvalue weighted by molar-refractivity contribution is 1.30. The van der Waals surface area contributed by atoms with E-state index in [9.17, 15) is 0 Å². The summed E-state index contributed by atoms with van der Waals surface area (Å²) in [7, 11) is -1.21. The summed E-state index contributed by atoms with van der Waals surface area (Å²) >= 11 is 11.7. The Bertz CT molecular complexity index is 267. The molecule has 0 aliphatic carbocycles. The van der Waals surface area contributed by atoms with Crippen LogP contribution in [-0.2, 0) is 6.04 Å². The van der Waals surface area contributed by atoms with Gasteiger partial charge in [-0.15, -0.1) is 11.6 Å². The molecule has 0 fully saturated rings. The Balaban J connectivity index is 2.69. The van der Waals surface area contributed by atoms with Gasteiger partial charge >= 0.3 is 0 Å². The molecular weight excluding hydrogens is 219 g/mol. The molecule has 0 saturated carbocycles. The van der Waals surface area contributed by atoms with Crippen molar-refractivity contribution < 1.29 is 0 Å². The number of hydrogen-bond donors (Lipinski definition) is 0. The van der Waals surface area contributed by atoms with Gasteiger partial charge in [-0.2, -0.15) is 0 Å². The van der Waals surface area contributed by atoms with Gasteiger partial charge in [0.1, 0.15) is 0 Å². The van der Waals surface area contributed by atoms with Gasteiger partial charge in [-0.05, 0) is 18.2 Å². The van der Waals surface area contributed by atoms with E-state index in [0.29, 0.717) is 0 Å². The minimum atomic E-state index is -1.21. The van der Waals surface area contributed by atoms with E-state index in [1.165, 1.54) is 5.56 Å². The maximum Gasteiger partial charge on any atom is 0.0682 e. The van der Waals surface area contributed by atoms with Crippen molar-refractivity contribution in [3.05, 3.63) is 34.9 Å². The van der Waals surface area contributed by atoms with Crippen LogP contribution in [0, 0.1) is 0 Å². The van der Waals surface area contributed by atoms with E-state index >= 15 is 0 Å². The Kier molecular flexibility index (Phi) is 3.83. The fourth-order valence-corrected chi connectivity index (χ4v) is 3.05. The predicted octanol–water partition coefficient (Wildman–Crippen LogP) is 3.91. The van der Waals surface area contributed by atoms with Gasteiger partial charge < -0.3 is 0 Å². The minimum absolute atomic E-state index is 0.800. The fraction of sp³-hybridized carbons (Fsp3) is 0.400. The van der Waals surface area contributed by atoms with Crippen molar-refractivity contribution in [2.24, 2.45) is 0 Å². The molecule has 0 nitrogen and oxygen atoms in total. The van der Waals surface area contributed by atoms with Gasteiger partial charge in [-0.3, -0.25) is 0 Å². The third-order valence-electron chi connectivity index (χ3n) is 1.96. The average Bonchev–Trinajstić information content (AvgIpc) is 2.09. The number of alkyl halides is 1. The normalized spacial score (nSPS) is 11.7. The van der Waals surface area contributed by atoms with Crippen LogP contribution in [0.5, 0.6) is 0 Å². The predicted molar refractivity (Wildman–Crippen MR) is 63.4 cm³/mol. The lowest BCUT2D eigenvalue weighted by atomic mass is 10.2. The molecule has 0 bridgehead atoms. The van der Waals surface area contributed by atoms with Crippen molar-refractivity contribution >= 4 is 31.3 Å². The largest absolute Gasteiger partial charge is 0.130 e. The maximum atomic E-state index is 5.91. The monoisotopic (exact) mass is 232 g/mol. The zero-order chi connectivity index (χ0) is 9.90. The topological polar surface area (TPSA) is 0 Å². The molecule has 13 heavy (non-hydrogen) atoms. The summed E-state index contributed by atoms with van der Waals surface area (Å²) in [6.07, 6.45) is 0. The molecule has 0 saturated heterocycles. The second-order valence-electron chi connectivity index (χ2n) is 4.10. The Labute approximate surface area is 90.9 Å². The van der Waals surface area contributed by atoms with E-state index in [1.54, 1.807) is 0 Å². The zero-order valence-electron chi connectivity index (χ0n) is 7.98. The molecule has 1 aromatic carbocycles. The summed E-state index contributed by atoms with van der Waals surface area (Å²) in [5.74, 6) is 0. The number of halogens is 2. The van der Waals surface area contributed by atoms with Crippen molar-refractivity contribution in [2.75, 3.05) is 5.50 Å². The second-order valence-corrected chi connectivity index (χ2v) is 10.3. The van der Waals surface area contributed by atoms with E-state index in [1.807, 2.05) is 12.1 Å². The third kappa shape index (κ3) is 3.71. The number of rotatable bonds is 3. The van der Waals surface area contributed by atoms with Crippen LogP contribution in [0.15, 0.2) is 24.3 Å². The zero-order valence-corrected chi connectivity index (χ0v) is 10.5. The first-order chi connectivity index (χ1) is 6.03. The van der Waals surface area contributed by atoms with Crippen LogP contribution in [0.3, 0.4) is 0 Å². The van der Waals surface area contributed by atoms with Gasteiger partial charge in [0, 0.05) is 10.5 Å². The summed E-state index contributed by atoms with van der Waals surface area (Å²) in [5, 5.41) is 0.800. The lowest BCUT2D eigenvalue weighted by Crippen LogP contribution is -2.31. The summed E-state index contributed by atoms with van der Waals surface area (Å²) < 4.78 is 0. The number of benzene rings is 1. The molecule has 0 amide bonds. The Morgan fingerprint density at radius 2 is 1.69 bits per heavy atom. The summed E-state index contributed by atoms with van der Waals surface area (Å²) in [6, 6.07) is 9.19. The number of hydrogen-bond acceptors (Lipinski definition) is 0. The van der Waals surface area contributed by atoms with Crippen LogP contribution in [0.1, 0.15) is 5.56 Å². The Morgan fingerprint density at radius 1 is 1.15 bits per heavy atom. The molecule has 72 valence electrons. The molecule has 0 spiro atoms. The van der Waals surface area contributed by atoms with Gasteiger partial charge in [0.15, 0.2) is 0 Å². The Hall–Kier alpha value is 0.0169. The molecule has 0 aliphatic rings. The van der Waals surface area contributed by atoms with Crippen LogP contribution in [0.25, 0.3) is 0 Å². The van der Waals surface area contributed by atoms with E-state index in [-0.39, 0.29) is 0 Å². The van der Waals surface area contributed by atoms with Gasteiger partial charge in [0.05, 0.1) is 8.07 Å². The molecule has 0 N–H and O–H groups in total. The molecule has 0 atom stereocenters. The highest BCUT2D eigenvalue weighted by molar-refractivity contribution is 6.82. The molecular formula is C10H14Cl2Si. The van der Waals surface area contributed by atoms with Gasteiger partial charge in [-0.25, -0.2) is 0 Å². The molecule has 0 unspecified atom stereocenters. The van der Waals surface area contributed by atoms with Crippen LogP contribution < -0.4 is 0 Å². The average molecular weight is 233 g/mol. The summed E-state index contributed by atoms with van der Waals surface area (Å²) in [5.41, 5.74) is 2.16. The van der Waals surface area contributed by atoms with Crippen LogP contribution >= 0.6 is 23.2 Å². The molecule has 3 heteroatoms. The molecule has 0 radical (unpaired) electrons. The van der Waals surface area contributed by atoms with Crippen LogP contribution in [0.4, 0.5) is 0 Å². The molecule has 0 aromatic heterocycles. The quantitative estimate of drug-likeness (QED) is 0.548. The molecule has 0 aliphatic heterocycles. The molecule has 0 heterocycles. The van der Waals surface area contributed by atoms with Gasteiger partial charge in [0.25, 0.3) is 0 Å². The fourth-order valence-electron chi connectivity index (χ4n) is 1.20. The minimum Gasteiger partial charge on any atom is -0.130 e. The Morgan fingerprint density at radius 3 is 2.15 bits per heavy atom. The standard InChI is InChI=1S/C10H14Cl2Si/c1-13(2,8-11)7-9-3-5-10(12)6-4-9/h3-6H,7-8H2,1-2H3. The van der Waals surface area contributed by atoms with E-state index in [4.69, 9.17) is 23.2 Å². The maximum absolute atomic E-state index is 5.91. The van der Waals surface area contributed by atoms with Crippen molar-refractivity contribution in [2.45, 2.75) is 19.1 Å². The van der Waals surface area contributed by atoms with Gasteiger partial charge in [-0.1, -0.05) is 42.4 Å². The van der Waals surface area contributed by atoms with Crippen molar-refractivity contribution in [1.29, 1.82) is 0 Å². The van der Waals surface area contributed by atoms with E-state index in [2.05, 4.69) is 25.2 Å². The highest BCUT2D eigenvalue weighted by Gasteiger charge is 2.19. The molecule has 1 aromatic rings. The highest BCUT2D eigenvalue weighted by Crippen LogP contribution is 2.15. The van der Waals surface area contributed by atoms with Gasteiger partial charge in [0.2, 0.25) is 0 Å². The van der Waals surface area contributed by atoms with E-state index in [0.717, 1.165) is 16.6 Å². The SMILES string of the molecule is C[Si](C)(CCl)Cc1ccc(Cl)cc1. The summed E-state index contributed by atoms with van der Waals surface area (Å²) in [4.78, 5) is 0. The smallest absolute Gasteiger partial charge is 0.0682 e. The van der Waals surface area contributed by atoms with Crippen molar-refractivity contribution in [3.8, 4) is 0 Å². The van der Waals surface area contributed by atoms with Crippen molar-refractivity contribution in [3.63, 3.8) is 0 Å². The van der Waals surface area contributed by atoms with Crippen LogP contribution in [0.2, 0.25) is 18.1 Å². The van der Waals surface area contributed by atoms with E-state index < -0.39 is 8.07 Å². The lowest BCUT2D eigenvalue weighted by Gasteiger charge is -2.18. The second kappa shape index (κ2) is 4.49. The molecule has 1 rings (SSSR count). The highest BCUT2D eigenvalue weighted by atomic mass is 35.5. The first kappa shape index (κ1) is 11.1. The first-order valence-corrected chi connectivity index (χ1v) is 8.66. The van der Waals surface area contributed by atoms with Crippen LogP contribution in [-0.4, -0.2) is 13.6 Å².